The van der Waals surface area contributed by atoms with Gasteiger partial charge >= 0.3 is 5.69 Å². The average Bonchev–Trinajstić information content (AvgIpc) is 2.56. The molecule has 3 rings (SSSR count). The van der Waals surface area contributed by atoms with Crippen LogP contribution in [0.25, 0.3) is 0 Å². The van der Waals surface area contributed by atoms with Crippen molar-refractivity contribution in [3.05, 3.63) is 28.4 Å². The van der Waals surface area contributed by atoms with E-state index < -0.39 is 0 Å². The van der Waals surface area contributed by atoms with Crippen molar-refractivity contribution in [2.24, 2.45) is 0 Å². The Balaban J connectivity index is 1.64. The molecule has 3 heterocycles. The number of likely N-dealkylation sites (tertiary alicyclic amines) is 1. The maximum absolute atomic E-state index is 11.1. The van der Waals surface area contributed by atoms with Gasteiger partial charge in [0.1, 0.15) is 0 Å². The third kappa shape index (κ3) is 3.15. The van der Waals surface area contributed by atoms with Gasteiger partial charge in [-0.25, -0.2) is 4.98 Å². The molecule has 0 spiro atoms. The van der Waals surface area contributed by atoms with Crippen LogP contribution in [0.4, 0.5) is 11.5 Å². The van der Waals surface area contributed by atoms with Gasteiger partial charge in [0, 0.05) is 31.4 Å². The van der Waals surface area contributed by atoms with Crippen LogP contribution in [0.2, 0.25) is 0 Å². The van der Waals surface area contributed by atoms with Gasteiger partial charge in [0.15, 0.2) is 0 Å². The molecule has 0 N–H and O–H groups in total. The van der Waals surface area contributed by atoms with Gasteiger partial charge in [0.25, 0.3) is 0 Å². The van der Waals surface area contributed by atoms with E-state index in [1.807, 2.05) is 0 Å². The SMILES string of the molecule is O=[N+]([O-])c1cccnc1N1CCC(N2CCCCC2)CC1. The Morgan fingerprint density at radius 2 is 1.86 bits per heavy atom. The highest BCUT2D eigenvalue weighted by Crippen LogP contribution is 2.29. The maximum atomic E-state index is 11.1. The zero-order valence-electron chi connectivity index (χ0n) is 12.3. The quantitative estimate of drug-likeness (QED) is 0.632. The summed E-state index contributed by atoms with van der Waals surface area (Å²) in [5.74, 6) is 0.527. The second-order valence-electron chi connectivity index (χ2n) is 5.92. The normalized spacial score (nSPS) is 21.4. The Kier molecular flexibility index (Phi) is 4.34. The molecule has 1 aromatic rings. The minimum absolute atomic E-state index is 0.119. The van der Waals surface area contributed by atoms with E-state index in [0.29, 0.717) is 11.9 Å². The van der Waals surface area contributed by atoms with Crippen LogP contribution >= 0.6 is 0 Å². The maximum Gasteiger partial charge on any atom is 0.311 e. The van der Waals surface area contributed by atoms with Crippen LogP contribution in [-0.2, 0) is 0 Å². The molecule has 0 atom stereocenters. The van der Waals surface area contributed by atoms with E-state index in [1.54, 1.807) is 18.3 Å². The lowest BCUT2D eigenvalue weighted by Crippen LogP contribution is -2.47. The molecule has 114 valence electrons. The van der Waals surface area contributed by atoms with Crippen molar-refractivity contribution < 1.29 is 4.92 Å². The molecule has 6 nitrogen and oxygen atoms in total. The Morgan fingerprint density at radius 3 is 2.52 bits per heavy atom. The van der Waals surface area contributed by atoms with E-state index >= 15 is 0 Å². The lowest BCUT2D eigenvalue weighted by atomic mass is 10.00. The summed E-state index contributed by atoms with van der Waals surface area (Å²) in [7, 11) is 0. The minimum Gasteiger partial charge on any atom is -0.351 e. The highest BCUT2D eigenvalue weighted by Gasteiger charge is 2.28. The van der Waals surface area contributed by atoms with E-state index in [0.717, 1.165) is 25.9 Å². The topological polar surface area (TPSA) is 62.5 Å². The summed E-state index contributed by atoms with van der Waals surface area (Å²) in [5.41, 5.74) is 0.119. The lowest BCUT2D eigenvalue weighted by Gasteiger charge is -2.40. The summed E-state index contributed by atoms with van der Waals surface area (Å²) in [4.78, 5) is 19.7. The van der Waals surface area contributed by atoms with Crippen LogP contribution in [0, 0.1) is 10.1 Å². The van der Waals surface area contributed by atoms with E-state index in [4.69, 9.17) is 0 Å². The fourth-order valence-corrected chi connectivity index (χ4v) is 3.50. The molecule has 21 heavy (non-hydrogen) atoms. The second-order valence-corrected chi connectivity index (χ2v) is 5.92. The first-order valence-electron chi connectivity index (χ1n) is 7.84. The first-order chi connectivity index (χ1) is 10.3. The van der Waals surface area contributed by atoms with Crippen molar-refractivity contribution in [2.75, 3.05) is 31.1 Å². The Hall–Kier alpha value is -1.69. The van der Waals surface area contributed by atoms with Crippen LogP contribution < -0.4 is 4.90 Å². The van der Waals surface area contributed by atoms with Crippen molar-refractivity contribution >= 4 is 11.5 Å². The molecule has 1 aromatic heterocycles. The summed E-state index contributed by atoms with van der Waals surface area (Å²) in [6.45, 7) is 4.15. The Labute approximate surface area is 124 Å². The Morgan fingerprint density at radius 1 is 1.14 bits per heavy atom. The summed E-state index contributed by atoms with van der Waals surface area (Å²) >= 11 is 0. The number of aromatic nitrogens is 1. The van der Waals surface area contributed by atoms with Crippen molar-refractivity contribution in [1.82, 2.24) is 9.88 Å². The molecule has 0 bridgehead atoms. The molecule has 6 heteroatoms. The van der Waals surface area contributed by atoms with Gasteiger partial charge in [-0.15, -0.1) is 0 Å². The number of piperidine rings is 2. The molecule has 0 radical (unpaired) electrons. The molecular formula is C15H22N4O2. The highest BCUT2D eigenvalue weighted by atomic mass is 16.6. The van der Waals surface area contributed by atoms with Gasteiger partial charge in [-0.05, 0) is 44.8 Å². The number of nitrogens with zero attached hydrogens (tertiary/aromatic N) is 4. The number of hydrogen-bond acceptors (Lipinski definition) is 5. The first kappa shape index (κ1) is 14.3. The number of anilines is 1. The summed E-state index contributed by atoms with van der Waals surface area (Å²) < 4.78 is 0. The Bertz CT molecular complexity index is 494. The van der Waals surface area contributed by atoms with Gasteiger partial charge in [0.05, 0.1) is 4.92 Å². The molecular weight excluding hydrogens is 268 g/mol. The molecule has 2 fully saturated rings. The van der Waals surface area contributed by atoms with Crippen molar-refractivity contribution in [3.8, 4) is 0 Å². The third-order valence-electron chi connectivity index (χ3n) is 4.63. The van der Waals surface area contributed by atoms with Crippen molar-refractivity contribution in [3.63, 3.8) is 0 Å². The van der Waals surface area contributed by atoms with Crippen molar-refractivity contribution in [2.45, 2.75) is 38.1 Å². The second kappa shape index (κ2) is 6.39. The molecule has 0 amide bonds. The van der Waals surface area contributed by atoms with E-state index in [2.05, 4.69) is 14.8 Å². The minimum atomic E-state index is -0.334. The van der Waals surface area contributed by atoms with Crippen LogP contribution in [0.3, 0.4) is 0 Å². The molecule has 2 saturated heterocycles. The van der Waals surface area contributed by atoms with E-state index in [-0.39, 0.29) is 10.6 Å². The molecule has 0 saturated carbocycles. The van der Waals surface area contributed by atoms with Gasteiger partial charge < -0.3 is 9.80 Å². The van der Waals surface area contributed by atoms with Crippen LogP contribution in [-0.4, -0.2) is 47.0 Å². The summed E-state index contributed by atoms with van der Waals surface area (Å²) in [6, 6.07) is 3.81. The summed E-state index contributed by atoms with van der Waals surface area (Å²) in [6.07, 6.45) is 7.77. The first-order valence-corrected chi connectivity index (χ1v) is 7.84. The monoisotopic (exact) mass is 290 g/mol. The number of rotatable bonds is 3. The number of pyridine rings is 1. The van der Waals surface area contributed by atoms with Gasteiger partial charge in [-0.2, -0.15) is 0 Å². The van der Waals surface area contributed by atoms with Gasteiger partial charge in [-0.1, -0.05) is 6.42 Å². The third-order valence-corrected chi connectivity index (χ3v) is 4.63. The average molecular weight is 290 g/mol. The zero-order chi connectivity index (χ0) is 14.7. The smallest absolute Gasteiger partial charge is 0.311 e. The number of hydrogen-bond donors (Lipinski definition) is 0. The fraction of sp³-hybridized carbons (Fsp3) is 0.667. The molecule has 2 aliphatic rings. The van der Waals surface area contributed by atoms with Gasteiger partial charge in [0.2, 0.25) is 5.82 Å². The standard InChI is InChI=1S/C15H22N4O2/c20-19(21)14-5-4-8-16-15(14)18-11-6-13(7-12-18)17-9-2-1-3-10-17/h4-5,8,13H,1-3,6-7,9-12H2. The van der Waals surface area contributed by atoms with E-state index in [9.17, 15) is 10.1 Å². The number of nitro groups is 1. The molecule has 0 aromatic carbocycles. The van der Waals surface area contributed by atoms with Gasteiger partial charge in [-0.3, -0.25) is 10.1 Å². The van der Waals surface area contributed by atoms with Crippen LogP contribution in [0.1, 0.15) is 32.1 Å². The van der Waals surface area contributed by atoms with E-state index in [1.165, 1.54) is 32.4 Å². The van der Waals surface area contributed by atoms with Crippen LogP contribution in [0.5, 0.6) is 0 Å². The lowest BCUT2D eigenvalue weighted by molar-refractivity contribution is -0.384. The molecule has 0 unspecified atom stereocenters. The highest BCUT2D eigenvalue weighted by molar-refractivity contribution is 5.57. The molecule has 2 aliphatic heterocycles. The zero-order valence-corrected chi connectivity index (χ0v) is 12.3. The predicted octanol–water partition coefficient (Wildman–Crippen LogP) is 2.44. The van der Waals surface area contributed by atoms with Crippen LogP contribution in [0.15, 0.2) is 18.3 Å². The fourth-order valence-electron chi connectivity index (χ4n) is 3.50. The summed E-state index contributed by atoms with van der Waals surface area (Å²) in [5, 5.41) is 11.1. The molecule has 0 aliphatic carbocycles. The largest absolute Gasteiger partial charge is 0.351 e. The predicted molar refractivity (Wildman–Crippen MR) is 81.6 cm³/mol. The van der Waals surface area contributed by atoms with Crippen molar-refractivity contribution in [1.29, 1.82) is 0 Å².